The van der Waals surface area contributed by atoms with E-state index >= 15 is 0 Å². The molecule has 0 aliphatic heterocycles. The van der Waals surface area contributed by atoms with E-state index in [0.29, 0.717) is 12.2 Å². The summed E-state index contributed by atoms with van der Waals surface area (Å²) in [7, 11) is -1.99. The zero-order valence-corrected chi connectivity index (χ0v) is 10.5. The second-order valence-electron chi connectivity index (χ2n) is 3.24. The van der Waals surface area contributed by atoms with Crippen molar-refractivity contribution in [2.75, 3.05) is 19.3 Å². The summed E-state index contributed by atoms with van der Waals surface area (Å²) in [5.41, 5.74) is 0. The van der Waals surface area contributed by atoms with E-state index in [0.717, 1.165) is 0 Å². The third kappa shape index (κ3) is 4.11. The molecular weight excluding hydrogens is 246 g/mol. The highest BCUT2D eigenvalue weighted by Crippen LogP contribution is 1.93. The molecule has 0 aliphatic carbocycles. The molecule has 0 unspecified atom stereocenters. The fraction of sp³-hybridized carbons (Fsp3) is 0.625. The van der Waals surface area contributed by atoms with Crippen LogP contribution in [0.1, 0.15) is 23.4 Å². The van der Waals surface area contributed by atoms with Gasteiger partial charge in [-0.2, -0.15) is 0 Å². The van der Waals surface area contributed by atoms with Gasteiger partial charge in [0.15, 0.2) is 0 Å². The zero-order chi connectivity index (χ0) is 12.9. The van der Waals surface area contributed by atoms with E-state index in [1.807, 2.05) is 6.92 Å². The minimum atomic E-state index is -3.31. The molecule has 1 rings (SSSR count). The van der Waals surface area contributed by atoms with Crippen LogP contribution in [0.5, 0.6) is 0 Å². The molecule has 1 aromatic heterocycles. The second kappa shape index (κ2) is 5.73. The van der Waals surface area contributed by atoms with Gasteiger partial charge in [-0.1, -0.05) is 6.92 Å². The van der Waals surface area contributed by atoms with Gasteiger partial charge in [-0.05, 0) is 7.05 Å². The van der Waals surface area contributed by atoms with Crippen LogP contribution in [0.25, 0.3) is 0 Å². The van der Waals surface area contributed by atoms with Crippen LogP contribution in [0.15, 0.2) is 0 Å². The number of nitrogens with one attached hydrogen (secondary N) is 3. The first-order valence-electron chi connectivity index (χ1n) is 5.09. The van der Waals surface area contributed by atoms with Gasteiger partial charge < -0.3 is 5.32 Å². The summed E-state index contributed by atoms with van der Waals surface area (Å²) < 4.78 is 24.3. The lowest BCUT2D eigenvalue weighted by Gasteiger charge is -2.02. The van der Waals surface area contributed by atoms with E-state index in [9.17, 15) is 13.2 Å². The quantitative estimate of drug-likeness (QED) is 0.585. The van der Waals surface area contributed by atoms with Gasteiger partial charge in [0.25, 0.3) is 5.91 Å². The van der Waals surface area contributed by atoms with Crippen molar-refractivity contribution in [1.29, 1.82) is 0 Å². The molecule has 0 atom stereocenters. The first kappa shape index (κ1) is 13.6. The summed E-state index contributed by atoms with van der Waals surface area (Å²) in [6, 6.07) is 0. The topological polar surface area (TPSA) is 117 Å². The Bertz CT molecular complexity index is 481. The molecule has 1 aromatic rings. The van der Waals surface area contributed by atoms with E-state index < -0.39 is 15.9 Å². The Balaban J connectivity index is 2.45. The number of aromatic amines is 1. The third-order valence-electron chi connectivity index (χ3n) is 2.04. The number of hydrogen-bond acceptors (Lipinski definition) is 5. The molecule has 3 N–H and O–H groups in total. The lowest BCUT2D eigenvalue weighted by atomic mass is 10.5. The summed E-state index contributed by atoms with van der Waals surface area (Å²) >= 11 is 0. The summed E-state index contributed by atoms with van der Waals surface area (Å²) in [5, 5.41) is 8.73. The number of sulfonamides is 1. The number of aromatic nitrogens is 3. The third-order valence-corrected chi connectivity index (χ3v) is 3.40. The molecule has 8 nitrogen and oxygen atoms in total. The Morgan fingerprint density at radius 2 is 2.18 bits per heavy atom. The van der Waals surface area contributed by atoms with E-state index in [4.69, 9.17) is 0 Å². The zero-order valence-electron chi connectivity index (χ0n) is 9.65. The van der Waals surface area contributed by atoms with Gasteiger partial charge in [-0.3, -0.25) is 9.89 Å². The number of aryl methyl sites for hydroxylation is 1. The van der Waals surface area contributed by atoms with E-state index in [2.05, 4.69) is 25.2 Å². The van der Waals surface area contributed by atoms with Gasteiger partial charge in [-0.15, -0.1) is 5.10 Å². The van der Waals surface area contributed by atoms with Crippen LogP contribution >= 0.6 is 0 Å². The number of carbonyl (C=O) groups is 1. The molecule has 17 heavy (non-hydrogen) atoms. The van der Waals surface area contributed by atoms with Crippen molar-refractivity contribution in [3.63, 3.8) is 0 Å². The fourth-order valence-electron chi connectivity index (χ4n) is 1.04. The molecular formula is C8H15N5O3S. The molecule has 1 heterocycles. The van der Waals surface area contributed by atoms with Gasteiger partial charge >= 0.3 is 0 Å². The lowest BCUT2D eigenvalue weighted by molar-refractivity contribution is 0.0946. The average molecular weight is 261 g/mol. The highest BCUT2D eigenvalue weighted by molar-refractivity contribution is 7.89. The summed E-state index contributed by atoms with van der Waals surface area (Å²) in [5.74, 6) is -0.0470. The van der Waals surface area contributed by atoms with Crippen LogP contribution < -0.4 is 10.0 Å². The molecule has 0 aromatic carbocycles. The molecule has 0 aliphatic rings. The van der Waals surface area contributed by atoms with Crippen molar-refractivity contribution in [3.05, 3.63) is 11.6 Å². The highest BCUT2D eigenvalue weighted by atomic mass is 32.2. The lowest BCUT2D eigenvalue weighted by Crippen LogP contribution is -2.33. The molecule has 9 heteroatoms. The van der Waals surface area contributed by atoms with E-state index in [1.165, 1.54) is 7.05 Å². The standard InChI is InChI=1S/C8H15N5O3S/c1-3-6-11-7(13-12-6)8(14)10-4-5-17(15,16)9-2/h9H,3-5H2,1-2H3,(H,10,14)(H,11,12,13). The molecule has 0 saturated carbocycles. The Kier molecular flexibility index (Phi) is 4.58. The summed E-state index contributed by atoms with van der Waals surface area (Å²) in [6.07, 6.45) is 0.647. The number of carbonyl (C=O) groups excluding carboxylic acids is 1. The van der Waals surface area contributed by atoms with Gasteiger partial charge in [0, 0.05) is 13.0 Å². The largest absolute Gasteiger partial charge is 0.348 e. The molecule has 0 radical (unpaired) electrons. The van der Waals surface area contributed by atoms with Crippen LogP contribution in [-0.2, 0) is 16.4 Å². The van der Waals surface area contributed by atoms with Crippen molar-refractivity contribution in [2.45, 2.75) is 13.3 Å². The normalized spacial score (nSPS) is 11.4. The maximum Gasteiger partial charge on any atom is 0.290 e. The van der Waals surface area contributed by atoms with Crippen molar-refractivity contribution < 1.29 is 13.2 Å². The van der Waals surface area contributed by atoms with Crippen molar-refractivity contribution in [2.24, 2.45) is 0 Å². The smallest absolute Gasteiger partial charge is 0.290 e. The number of H-pyrrole nitrogens is 1. The molecule has 0 fully saturated rings. The Hall–Kier alpha value is -1.48. The molecule has 0 bridgehead atoms. The van der Waals surface area contributed by atoms with Gasteiger partial charge in [-0.25, -0.2) is 18.1 Å². The SMILES string of the molecule is CCc1nc(C(=O)NCCS(=O)(=O)NC)n[nH]1. The number of hydrogen-bond donors (Lipinski definition) is 3. The number of rotatable bonds is 6. The number of amides is 1. The van der Waals surface area contributed by atoms with Gasteiger partial charge in [0.05, 0.1) is 5.75 Å². The predicted octanol–water partition coefficient (Wildman–Crippen LogP) is -1.35. The average Bonchev–Trinajstić information content (AvgIpc) is 2.77. The van der Waals surface area contributed by atoms with Crippen LogP contribution in [0.2, 0.25) is 0 Å². The molecule has 1 amide bonds. The van der Waals surface area contributed by atoms with Gasteiger partial charge in [0.1, 0.15) is 5.82 Å². The molecule has 0 saturated heterocycles. The first-order valence-corrected chi connectivity index (χ1v) is 6.74. The Morgan fingerprint density at radius 1 is 1.47 bits per heavy atom. The summed E-state index contributed by atoms with van der Waals surface area (Å²) in [6.45, 7) is 1.89. The monoisotopic (exact) mass is 261 g/mol. The van der Waals surface area contributed by atoms with Gasteiger partial charge in [0.2, 0.25) is 15.8 Å². The Labute approximate surface area is 99.3 Å². The minimum absolute atomic E-state index is 0.0119. The Morgan fingerprint density at radius 3 is 2.71 bits per heavy atom. The van der Waals surface area contributed by atoms with Crippen molar-refractivity contribution in [3.8, 4) is 0 Å². The second-order valence-corrected chi connectivity index (χ2v) is 5.28. The summed E-state index contributed by atoms with van der Waals surface area (Å²) in [4.78, 5) is 15.4. The van der Waals surface area contributed by atoms with Crippen LogP contribution in [0.4, 0.5) is 0 Å². The van der Waals surface area contributed by atoms with Crippen LogP contribution in [0, 0.1) is 0 Å². The maximum atomic E-state index is 11.5. The van der Waals surface area contributed by atoms with E-state index in [-0.39, 0.29) is 18.1 Å². The number of nitrogens with zero attached hydrogens (tertiary/aromatic N) is 2. The van der Waals surface area contributed by atoms with Crippen molar-refractivity contribution in [1.82, 2.24) is 25.2 Å². The predicted molar refractivity (Wildman–Crippen MR) is 60.9 cm³/mol. The fourth-order valence-corrected chi connectivity index (χ4v) is 1.61. The minimum Gasteiger partial charge on any atom is -0.348 e. The maximum absolute atomic E-state index is 11.5. The van der Waals surface area contributed by atoms with Crippen LogP contribution in [0.3, 0.4) is 0 Å². The highest BCUT2D eigenvalue weighted by Gasteiger charge is 2.13. The van der Waals surface area contributed by atoms with E-state index in [1.54, 1.807) is 0 Å². The first-order chi connectivity index (χ1) is 7.98. The molecule has 96 valence electrons. The van der Waals surface area contributed by atoms with Crippen LogP contribution in [-0.4, -0.2) is 48.9 Å². The van der Waals surface area contributed by atoms with Crippen molar-refractivity contribution >= 4 is 15.9 Å². The molecule has 0 spiro atoms.